The fourth-order valence-electron chi connectivity index (χ4n) is 1.33. The number of hydrogen-bond acceptors (Lipinski definition) is 1. The van der Waals surface area contributed by atoms with Gasteiger partial charge in [0.25, 0.3) is 0 Å². The number of rotatable bonds is 5. The van der Waals surface area contributed by atoms with E-state index in [0.717, 1.165) is 6.54 Å². The van der Waals surface area contributed by atoms with Crippen LogP contribution in [0.1, 0.15) is 33.6 Å². The summed E-state index contributed by atoms with van der Waals surface area (Å²) >= 11 is 0. The van der Waals surface area contributed by atoms with Gasteiger partial charge < -0.3 is 4.90 Å². The Morgan fingerprint density at radius 2 is 1.91 bits per heavy atom. The second-order valence-corrected chi connectivity index (χ2v) is 2.63. The fraction of sp³-hybridized carbons (Fsp3) is 0.700. The van der Waals surface area contributed by atoms with Gasteiger partial charge in [0, 0.05) is 18.8 Å². The Kier molecular flexibility index (Phi) is 5.68. The zero-order chi connectivity index (χ0) is 8.69. The molecular formula is C10H19N. The first-order valence-corrected chi connectivity index (χ1v) is 4.41. The van der Waals surface area contributed by atoms with Crippen LogP contribution in [0.25, 0.3) is 0 Å². The lowest BCUT2D eigenvalue weighted by Crippen LogP contribution is -2.28. The Morgan fingerprint density at radius 3 is 2.18 bits per heavy atom. The maximum Gasteiger partial charge on any atom is 0.0419 e. The molecule has 0 saturated carbocycles. The van der Waals surface area contributed by atoms with E-state index in [-0.39, 0.29) is 0 Å². The Balaban J connectivity index is 4.08. The van der Waals surface area contributed by atoms with E-state index in [9.17, 15) is 0 Å². The van der Waals surface area contributed by atoms with E-state index in [1.54, 1.807) is 0 Å². The van der Waals surface area contributed by atoms with E-state index in [2.05, 4.69) is 38.0 Å². The molecule has 0 aromatic carbocycles. The van der Waals surface area contributed by atoms with Crippen LogP contribution in [0.2, 0.25) is 0 Å². The van der Waals surface area contributed by atoms with Gasteiger partial charge in [-0.2, -0.15) is 0 Å². The molecule has 1 heteroatoms. The summed E-state index contributed by atoms with van der Waals surface area (Å²) in [5, 5.41) is 0. The highest BCUT2D eigenvalue weighted by Crippen LogP contribution is 2.07. The third-order valence-corrected chi connectivity index (χ3v) is 2.03. The molecule has 0 atom stereocenters. The highest BCUT2D eigenvalue weighted by Gasteiger charge is 2.07. The third kappa shape index (κ3) is 3.29. The molecule has 1 nitrogen and oxygen atoms in total. The van der Waals surface area contributed by atoms with Crippen LogP contribution >= 0.6 is 0 Å². The monoisotopic (exact) mass is 153 g/mol. The SMILES string of the molecule is C=C=CN(CC)C(CC)CC. The minimum Gasteiger partial charge on any atom is -0.368 e. The molecular weight excluding hydrogens is 134 g/mol. The minimum atomic E-state index is 0.661. The zero-order valence-electron chi connectivity index (χ0n) is 7.93. The molecule has 0 heterocycles. The van der Waals surface area contributed by atoms with Crippen molar-refractivity contribution >= 4 is 0 Å². The van der Waals surface area contributed by atoms with Crippen molar-refractivity contribution in [1.29, 1.82) is 0 Å². The van der Waals surface area contributed by atoms with Crippen LogP contribution in [-0.4, -0.2) is 17.5 Å². The molecule has 0 bridgehead atoms. The van der Waals surface area contributed by atoms with Crippen molar-refractivity contribution < 1.29 is 0 Å². The van der Waals surface area contributed by atoms with Crippen LogP contribution in [0.3, 0.4) is 0 Å². The Morgan fingerprint density at radius 1 is 1.36 bits per heavy atom. The minimum absolute atomic E-state index is 0.661. The summed E-state index contributed by atoms with van der Waals surface area (Å²) in [6.07, 6.45) is 4.35. The van der Waals surface area contributed by atoms with Crippen LogP contribution in [-0.2, 0) is 0 Å². The van der Waals surface area contributed by atoms with Gasteiger partial charge in [0.05, 0.1) is 0 Å². The van der Waals surface area contributed by atoms with Crippen LogP contribution in [0, 0.1) is 0 Å². The summed E-state index contributed by atoms with van der Waals surface area (Å²) < 4.78 is 0. The molecule has 0 aliphatic rings. The fourth-order valence-corrected chi connectivity index (χ4v) is 1.33. The maximum absolute atomic E-state index is 3.58. The molecule has 0 aliphatic heterocycles. The molecule has 0 unspecified atom stereocenters. The van der Waals surface area contributed by atoms with Gasteiger partial charge in [0.1, 0.15) is 0 Å². The van der Waals surface area contributed by atoms with Gasteiger partial charge in [0.2, 0.25) is 0 Å². The topological polar surface area (TPSA) is 3.24 Å². The molecule has 0 rings (SSSR count). The van der Waals surface area contributed by atoms with Gasteiger partial charge >= 0.3 is 0 Å². The predicted molar refractivity (Wildman–Crippen MR) is 50.5 cm³/mol. The summed E-state index contributed by atoms with van der Waals surface area (Å²) in [4.78, 5) is 2.28. The normalized spacial score (nSPS) is 9.45. The van der Waals surface area contributed by atoms with Gasteiger partial charge in [-0.25, -0.2) is 0 Å². The van der Waals surface area contributed by atoms with E-state index in [0.29, 0.717) is 6.04 Å². The lowest BCUT2D eigenvalue weighted by atomic mass is 10.1. The molecule has 0 aromatic heterocycles. The van der Waals surface area contributed by atoms with Crippen LogP contribution in [0.4, 0.5) is 0 Å². The predicted octanol–water partition coefficient (Wildman–Crippen LogP) is 2.80. The van der Waals surface area contributed by atoms with Gasteiger partial charge in [-0.05, 0) is 19.8 Å². The van der Waals surface area contributed by atoms with E-state index in [4.69, 9.17) is 0 Å². The Bertz CT molecular complexity index is 130. The van der Waals surface area contributed by atoms with Crippen molar-refractivity contribution in [3.05, 3.63) is 18.5 Å². The van der Waals surface area contributed by atoms with Crippen LogP contribution in [0.15, 0.2) is 18.5 Å². The van der Waals surface area contributed by atoms with E-state index in [1.807, 2.05) is 6.20 Å². The molecule has 0 fully saturated rings. The average Bonchev–Trinajstić information content (AvgIpc) is 2.05. The van der Waals surface area contributed by atoms with E-state index in [1.165, 1.54) is 12.8 Å². The first-order chi connectivity index (χ1) is 5.29. The summed E-state index contributed by atoms with van der Waals surface area (Å²) in [5.41, 5.74) is 2.82. The summed E-state index contributed by atoms with van der Waals surface area (Å²) in [5.74, 6) is 0. The first kappa shape index (κ1) is 10.3. The van der Waals surface area contributed by atoms with Crippen molar-refractivity contribution in [2.24, 2.45) is 0 Å². The summed E-state index contributed by atoms with van der Waals surface area (Å²) in [7, 11) is 0. The Hall–Kier alpha value is -0.680. The highest BCUT2D eigenvalue weighted by atomic mass is 15.1. The van der Waals surface area contributed by atoms with Gasteiger partial charge in [-0.1, -0.05) is 20.4 Å². The van der Waals surface area contributed by atoms with Gasteiger partial charge in [-0.15, -0.1) is 5.73 Å². The Labute approximate surface area is 70.4 Å². The standard InChI is InChI=1S/C10H19N/c1-5-9-11(8-4)10(6-2)7-3/h9-10H,1,6-8H2,2-4H3. The molecule has 11 heavy (non-hydrogen) atoms. The van der Waals surface area contributed by atoms with Crippen molar-refractivity contribution in [1.82, 2.24) is 4.90 Å². The molecule has 0 saturated heterocycles. The highest BCUT2D eigenvalue weighted by molar-refractivity contribution is 4.81. The van der Waals surface area contributed by atoms with Crippen molar-refractivity contribution in [3.63, 3.8) is 0 Å². The van der Waals surface area contributed by atoms with Crippen molar-refractivity contribution in [3.8, 4) is 0 Å². The van der Waals surface area contributed by atoms with Gasteiger partial charge in [-0.3, -0.25) is 0 Å². The van der Waals surface area contributed by atoms with Gasteiger partial charge in [0.15, 0.2) is 0 Å². The second kappa shape index (κ2) is 6.06. The van der Waals surface area contributed by atoms with E-state index >= 15 is 0 Å². The zero-order valence-corrected chi connectivity index (χ0v) is 7.93. The second-order valence-electron chi connectivity index (χ2n) is 2.63. The molecule has 0 amide bonds. The molecule has 64 valence electrons. The smallest absolute Gasteiger partial charge is 0.0419 e. The van der Waals surface area contributed by atoms with E-state index < -0.39 is 0 Å². The summed E-state index contributed by atoms with van der Waals surface area (Å²) in [6, 6.07) is 0.661. The van der Waals surface area contributed by atoms with Crippen LogP contribution in [0.5, 0.6) is 0 Å². The number of hydrogen-bond donors (Lipinski definition) is 0. The lowest BCUT2D eigenvalue weighted by molar-refractivity contribution is 0.274. The molecule has 0 aliphatic carbocycles. The molecule has 0 N–H and O–H groups in total. The third-order valence-electron chi connectivity index (χ3n) is 2.03. The first-order valence-electron chi connectivity index (χ1n) is 4.41. The largest absolute Gasteiger partial charge is 0.368 e. The van der Waals surface area contributed by atoms with Crippen molar-refractivity contribution in [2.75, 3.05) is 6.54 Å². The average molecular weight is 153 g/mol. The molecule has 0 aromatic rings. The molecule has 0 spiro atoms. The van der Waals surface area contributed by atoms with Crippen LogP contribution < -0.4 is 0 Å². The molecule has 0 radical (unpaired) electrons. The van der Waals surface area contributed by atoms with Crippen molar-refractivity contribution in [2.45, 2.75) is 39.7 Å². The quantitative estimate of drug-likeness (QED) is 0.549. The number of nitrogens with zero attached hydrogens (tertiary/aromatic N) is 1. The lowest BCUT2D eigenvalue weighted by Gasteiger charge is -2.26. The summed E-state index contributed by atoms with van der Waals surface area (Å²) in [6.45, 7) is 11.2. The maximum atomic E-state index is 3.58.